The van der Waals surface area contributed by atoms with Crippen LogP contribution in [0.5, 0.6) is 0 Å². The van der Waals surface area contributed by atoms with E-state index in [2.05, 4.69) is 18.3 Å². The molecule has 0 saturated carbocycles. The molecule has 0 aliphatic heterocycles. The van der Waals surface area contributed by atoms with Gasteiger partial charge in [-0.15, -0.1) is 0 Å². The highest BCUT2D eigenvalue weighted by Crippen LogP contribution is 2.35. The molecular weight excluding hydrogens is 317 g/mol. The van der Waals surface area contributed by atoms with E-state index in [0.29, 0.717) is 5.22 Å². The first-order valence-corrected chi connectivity index (χ1v) is 6.73. The summed E-state index contributed by atoms with van der Waals surface area (Å²) < 4.78 is 39.6. The van der Waals surface area contributed by atoms with Gasteiger partial charge >= 0.3 is 6.18 Å². The molecule has 0 atom stereocenters. The maximum atomic E-state index is 12.9. The number of carbonyl (C=O) groups excluding carboxylic acids is 1. The van der Waals surface area contributed by atoms with Gasteiger partial charge in [-0.1, -0.05) is 44.7 Å². The first-order valence-electron chi connectivity index (χ1n) is 6.36. The van der Waals surface area contributed by atoms with E-state index in [0.717, 1.165) is 16.8 Å². The maximum absolute atomic E-state index is 12.9. The quantitative estimate of drug-likeness (QED) is 0.805. The number of carbonyl (C=O) groups is 1. The van der Waals surface area contributed by atoms with Crippen molar-refractivity contribution in [1.82, 2.24) is 9.78 Å². The van der Waals surface area contributed by atoms with Gasteiger partial charge in [0.1, 0.15) is 0 Å². The Balaban J connectivity index is 0.00000116. The van der Waals surface area contributed by atoms with E-state index in [1.165, 1.54) is 12.3 Å². The Morgan fingerprint density at radius 2 is 1.86 bits per heavy atom. The lowest BCUT2D eigenvalue weighted by Gasteiger charge is -2.13. The Kier molecular flexibility index (Phi) is 5.54. The highest BCUT2D eigenvalue weighted by molar-refractivity contribution is 6.34. The summed E-state index contributed by atoms with van der Waals surface area (Å²) in [7, 11) is 0. The highest BCUT2D eigenvalue weighted by atomic mass is 35.5. The van der Waals surface area contributed by atoms with Crippen LogP contribution in [0.3, 0.4) is 0 Å². The molecule has 0 fully saturated rings. The molecule has 22 heavy (non-hydrogen) atoms. The summed E-state index contributed by atoms with van der Waals surface area (Å²) in [6.07, 6.45) is -3.46. The Labute approximate surface area is 130 Å². The van der Waals surface area contributed by atoms with Crippen molar-refractivity contribution < 1.29 is 18.0 Å². The fourth-order valence-electron chi connectivity index (χ4n) is 1.67. The van der Waals surface area contributed by atoms with E-state index in [1.54, 1.807) is 0 Å². The lowest BCUT2D eigenvalue weighted by molar-refractivity contribution is -0.137. The van der Waals surface area contributed by atoms with Gasteiger partial charge < -0.3 is 0 Å². The molecule has 0 saturated heterocycles. The van der Waals surface area contributed by atoms with Gasteiger partial charge in [0.15, 0.2) is 0 Å². The number of hydrogen-bond acceptors (Lipinski definition) is 2. The zero-order chi connectivity index (χ0) is 17.1. The van der Waals surface area contributed by atoms with Crippen LogP contribution in [-0.4, -0.2) is 15.7 Å². The normalized spacial score (nSPS) is 10.8. The molecule has 1 aromatic heterocycles. The summed E-state index contributed by atoms with van der Waals surface area (Å²) in [5, 5.41) is 3.83. The summed E-state index contributed by atoms with van der Waals surface area (Å²) in [6, 6.07) is 3.13. The van der Waals surface area contributed by atoms with Crippen LogP contribution in [0.4, 0.5) is 13.2 Å². The lowest BCUT2D eigenvalue weighted by Crippen LogP contribution is -2.33. The molecule has 118 valence electrons. The van der Waals surface area contributed by atoms with Crippen molar-refractivity contribution in [3.8, 4) is 0 Å². The lowest BCUT2D eigenvalue weighted by atomic mass is 10.1. The smallest absolute Gasteiger partial charge is 0.267 e. The van der Waals surface area contributed by atoms with Gasteiger partial charge in [0.25, 0.3) is 5.91 Å². The minimum absolute atomic E-state index is 0.114. The van der Waals surface area contributed by atoms with Crippen molar-refractivity contribution in [3.05, 3.63) is 51.1 Å². The number of benzene rings is 1. The van der Waals surface area contributed by atoms with Crippen molar-refractivity contribution in [2.45, 2.75) is 20.0 Å². The second-order valence-corrected chi connectivity index (χ2v) is 4.40. The van der Waals surface area contributed by atoms with Gasteiger partial charge in [-0.05, 0) is 12.1 Å². The summed E-state index contributed by atoms with van der Waals surface area (Å²) in [5.74, 6) is -0.997. The molecule has 0 N–H and O–H groups in total. The van der Waals surface area contributed by atoms with Gasteiger partial charge in [0.2, 0.25) is 0 Å². The average Bonchev–Trinajstić information content (AvgIpc) is 2.79. The van der Waals surface area contributed by atoms with Crippen molar-refractivity contribution in [1.29, 1.82) is 0 Å². The maximum Gasteiger partial charge on any atom is 0.417 e. The van der Waals surface area contributed by atoms with Gasteiger partial charge in [-0.2, -0.15) is 23.0 Å². The molecule has 1 heterocycles. The Morgan fingerprint density at radius 3 is 2.32 bits per heavy atom. The van der Waals surface area contributed by atoms with Crippen molar-refractivity contribution in [3.63, 3.8) is 0 Å². The molecule has 0 spiro atoms. The van der Waals surface area contributed by atoms with Gasteiger partial charge in [-0.3, -0.25) is 4.79 Å². The fraction of sp³-hybridized carbons (Fsp3) is 0.200. The molecular formula is C15H14ClF3N2O. The summed E-state index contributed by atoms with van der Waals surface area (Å²) in [4.78, 5) is 12.2. The Hall–Kier alpha value is -2.08. The number of aromatic nitrogens is 2. The fourth-order valence-corrected chi connectivity index (χ4v) is 1.92. The van der Waals surface area contributed by atoms with Crippen LogP contribution in [0.25, 0.3) is 13.2 Å². The summed E-state index contributed by atoms with van der Waals surface area (Å²) >= 11 is 5.74. The Bertz CT molecular complexity index is 781. The van der Waals surface area contributed by atoms with Crippen molar-refractivity contribution in [2.24, 2.45) is 0 Å². The molecule has 1 aromatic carbocycles. The third-order valence-electron chi connectivity index (χ3n) is 2.68. The van der Waals surface area contributed by atoms with Crippen LogP contribution in [0, 0.1) is 0 Å². The molecule has 2 aromatic rings. The van der Waals surface area contributed by atoms with Crippen LogP contribution in [0.15, 0.2) is 24.4 Å². The molecule has 0 aliphatic carbocycles. The molecule has 0 unspecified atom stereocenters. The minimum atomic E-state index is -4.70. The number of alkyl halides is 3. The van der Waals surface area contributed by atoms with E-state index in [9.17, 15) is 18.0 Å². The molecule has 0 amide bonds. The largest absolute Gasteiger partial charge is 0.417 e. The minimum Gasteiger partial charge on any atom is -0.267 e. The Morgan fingerprint density at radius 1 is 1.27 bits per heavy atom. The van der Waals surface area contributed by atoms with E-state index < -0.39 is 23.2 Å². The van der Waals surface area contributed by atoms with Crippen LogP contribution in [0.1, 0.15) is 29.8 Å². The van der Waals surface area contributed by atoms with Crippen LogP contribution >= 0.6 is 11.6 Å². The van der Waals surface area contributed by atoms with E-state index in [4.69, 9.17) is 11.6 Å². The van der Waals surface area contributed by atoms with Gasteiger partial charge in [0.05, 0.1) is 27.7 Å². The molecule has 0 aliphatic rings. The van der Waals surface area contributed by atoms with Crippen molar-refractivity contribution >= 4 is 30.7 Å². The second kappa shape index (κ2) is 6.79. The zero-order valence-electron chi connectivity index (χ0n) is 12.0. The predicted molar refractivity (Wildman–Crippen MR) is 80.1 cm³/mol. The molecule has 3 nitrogen and oxygen atoms in total. The summed E-state index contributed by atoms with van der Waals surface area (Å²) in [5.41, 5.74) is -1.77. The molecule has 0 bridgehead atoms. The highest BCUT2D eigenvalue weighted by Gasteiger charge is 2.36. The third-order valence-corrected chi connectivity index (χ3v) is 3.00. The number of halogens is 4. The van der Waals surface area contributed by atoms with Crippen LogP contribution in [-0.2, 0) is 6.18 Å². The van der Waals surface area contributed by atoms with Gasteiger partial charge in [-0.25, -0.2) is 0 Å². The first-order chi connectivity index (χ1) is 10.2. The molecule has 2 rings (SSSR count). The third kappa shape index (κ3) is 3.39. The van der Waals surface area contributed by atoms with Crippen LogP contribution < -0.4 is 10.6 Å². The van der Waals surface area contributed by atoms with E-state index in [-0.39, 0.29) is 10.4 Å². The number of rotatable bonds is 1. The SMILES string of the molecule is C=c1cnn(C(=O)c2c(Cl)cccc2C(F)(F)F)c1=C.CC. The van der Waals surface area contributed by atoms with Crippen molar-refractivity contribution in [2.75, 3.05) is 0 Å². The van der Waals surface area contributed by atoms with E-state index >= 15 is 0 Å². The first kappa shape index (κ1) is 18.0. The summed E-state index contributed by atoms with van der Waals surface area (Å²) in [6.45, 7) is 11.1. The predicted octanol–water partition coefficient (Wildman–Crippen LogP) is 3.09. The standard InChI is InChI=1S/C13H8ClF3N2O.C2H6/c1-7-6-18-19(8(7)2)12(20)11-9(13(15,16)17)4-3-5-10(11)14;1-2/h3-6H,1-2H2;1-2H3. The van der Waals surface area contributed by atoms with Crippen LogP contribution in [0.2, 0.25) is 5.02 Å². The number of hydrogen-bond donors (Lipinski definition) is 0. The van der Waals surface area contributed by atoms with Gasteiger partial charge in [0, 0.05) is 5.22 Å². The average molecular weight is 331 g/mol. The monoisotopic (exact) mass is 330 g/mol. The zero-order valence-corrected chi connectivity index (χ0v) is 12.8. The van der Waals surface area contributed by atoms with E-state index in [1.807, 2.05) is 13.8 Å². The molecule has 0 radical (unpaired) electrons. The number of nitrogens with zero attached hydrogens (tertiary/aromatic N) is 2. The second-order valence-electron chi connectivity index (χ2n) is 3.99. The topological polar surface area (TPSA) is 34.9 Å². The molecule has 7 heteroatoms.